The van der Waals surface area contributed by atoms with Gasteiger partial charge in [0, 0.05) is 16.8 Å². The Morgan fingerprint density at radius 2 is 1.25 bits per heavy atom. The van der Waals surface area contributed by atoms with E-state index in [2.05, 4.69) is 0 Å². The van der Waals surface area contributed by atoms with Crippen LogP contribution in [0.4, 0.5) is 0 Å². The molecule has 0 heterocycles. The molecule has 8 heteroatoms. The molecule has 0 aliphatic rings. The standard InChI is InChI=1S/Co.Mg.H3N.H2O4S.2H/c;;;1-5(2,3)4;;/h;;1H3;(H2,1,2,3,4);;/q;+2;;;2*-1. The first-order valence-electron chi connectivity index (χ1n) is 0.698. The summed E-state index contributed by atoms with van der Waals surface area (Å²) in [5.41, 5.74) is 0. The van der Waals surface area contributed by atoms with Crippen molar-refractivity contribution in [2.45, 2.75) is 0 Å². The molecule has 0 aliphatic carbocycles. The van der Waals surface area contributed by atoms with E-state index in [1.54, 1.807) is 0 Å². The van der Waals surface area contributed by atoms with Crippen molar-refractivity contribution in [2.24, 2.45) is 0 Å². The molecular weight excluding hydrogens is 193 g/mol. The Morgan fingerprint density at radius 1 is 1.25 bits per heavy atom. The molecule has 0 spiro atoms. The molecule has 0 aromatic heterocycles. The zero-order chi connectivity index (χ0) is 4.50. The molecule has 0 amide bonds. The molecule has 0 atom stereocenters. The first kappa shape index (κ1) is 23.0. The Hall–Kier alpha value is 1.10. The van der Waals surface area contributed by atoms with Gasteiger partial charge in [-0.15, -0.1) is 0 Å². The fourth-order valence-corrected chi connectivity index (χ4v) is 0. The third-order valence-electron chi connectivity index (χ3n) is 0. The van der Waals surface area contributed by atoms with Gasteiger partial charge in [0.2, 0.25) is 0 Å². The third kappa shape index (κ3) is 218. The van der Waals surface area contributed by atoms with E-state index in [-0.39, 0.29) is 48.8 Å². The van der Waals surface area contributed by atoms with E-state index in [0.29, 0.717) is 0 Å². The van der Waals surface area contributed by atoms with Gasteiger partial charge in [0.15, 0.2) is 0 Å². The van der Waals surface area contributed by atoms with E-state index in [1.807, 2.05) is 0 Å². The minimum atomic E-state index is -4.67. The summed E-state index contributed by atoms with van der Waals surface area (Å²) in [6, 6.07) is 0. The Morgan fingerprint density at radius 3 is 1.25 bits per heavy atom. The van der Waals surface area contributed by atoms with E-state index < -0.39 is 10.4 Å². The summed E-state index contributed by atoms with van der Waals surface area (Å²) in [6.07, 6.45) is 0. The molecule has 0 fully saturated rings. The maximum absolute atomic E-state index is 8.74. The van der Waals surface area contributed by atoms with Gasteiger partial charge in [0.25, 0.3) is 0 Å². The van der Waals surface area contributed by atoms with E-state index in [1.165, 1.54) is 0 Å². The van der Waals surface area contributed by atoms with Crippen molar-refractivity contribution in [1.29, 1.82) is 0 Å². The quantitative estimate of drug-likeness (QED) is 0.355. The predicted molar refractivity (Wildman–Crippen MR) is 27.2 cm³/mol. The summed E-state index contributed by atoms with van der Waals surface area (Å²) < 4.78 is 31.6. The maximum atomic E-state index is 8.74. The molecule has 5 N–H and O–H groups in total. The van der Waals surface area contributed by atoms with Gasteiger partial charge in [-0.2, -0.15) is 8.42 Å². The summed E-state index contributed by atoms with van der Waals surface area (Å²) in [5.74, 6) is 0. The van der Waals surface area contributed by atoms with E-state index in [4.69, 9.17) is 17.5 Å². The monoisotopic (exact) mass is 200 g/mol. The summed E-state index contributed by atoms with van der Waals surface area (Å²) in [7, 11) is -4.67. The summed E-state index contributed by atoms with van der Waals surface area (Å²) in [4.78, 5) is 0. The van der Waals surface area contributed by atoms with Crippen LogP contribution in [0.15, 0.2) is 0 Å². The molecular formula is H7CoMgNO4S. The molecule has 0 bridgehead atoms. The van der Waals surface area contributed by atoms with Crippen LogP contribution in [-0.4, -0.2) is 40.6 Å². The first-order valence-corrected chi connectivity index (χ1v) is 2.10. The summed E-state index contributed by atoms with van der Waals surface area (Å²) >= 11 is 0. The van der Waals surface area contributed by atoms with Crippen molar-refractivity contribution in [1.82, 2.24) is 6.15 Å². The molecule has 0 aromatic carbocycles. The SMILES string of the molecule is N.O=S(=O)(O)O.[Co].[H-].[H-].[Mg+2]. The van der Waals surface area contributed by atoms with Crippen LogP contribution >= 0.6 is 0 Å². The van der Waals surface area contributed by atoms with Gasteiger partial charge in [0.1, 0.15) is 0 Å². The van der Waals surface area contributed by atoms with Crippen molar-refractivity contribution >= 4 is 33.5 Å². The molecule has 0 saturated heterocycles. The fraction of sp³-hybridized carbons (Fsp3) is 0. The van der Waals surface area contributed by atoms with Gasteiger partial charge in [-0.3, -0.25) is 9.11 Å². The number of rotatable bonds is 0. The third-order valence-corrected chi connectivity index (χ3v) is 0. The zero-order valence-corrected chi connectivity index (χ0v) is 7.14. The van der Waals surface area contributed by atoms with Crippen LogP contribution < -0.4 is 6.15 Å². The van der Waals surface area contributed by atoms with Crippen LogP contribution in [0.3, 0.4) is 0 Å². The number of hydrogen-bond donors (Lipinski definition) is 3. The van der Waals surface area contributed by atoms with E-state index in [0.717, 1.165) is 0 Å². The van der Waals surface area contributed by atoms with Crippen molar-refractivity contribution in [3.63, 3.8) is 0 Å². The largest absolute Gasteiger partial charge is 2.00 e. The molecule has 0 saturated carbocycles. The number of hydrogen-bond acceptors (Lipinski definition) is 3. The van der Waals surface area contributed by atoms with Crippen LogP contribution in [-0.2, 0) is 27.2 Å². The topological polar surface area (TPSA) is 110 Å². The van der Waals surface area contributed by atoms with Gasteiger partial charge >= 0.3 is 33.5 Å². The second kappa shape index (κ2) is 8.10. The van der Waals surface area contributed by atoms with Crippen LogP contribution in [0.2, 0.25) is 0 Å². The predicted octanol–water partition coefficient (Wildman–Crippen LogP) is -0.649. The Labute approximate surface area is 76.7 Å². The maximum Gasteiger partial charge on any atom is 2.00 e. The van der Waals surface area contributed by atoms with Crippen LogP contribution in [0.1, 0.15) is 2.85 Å². The van der Waals surface area contributed by atoms with Gasteiger partial charge in [0.05, 0.1) is 0 Å². The molecule has 8 heavy (non-hydrogen) atoms. The smallest absolute Gasteiger partial charge is 1.00 e. The van der Waals surface area contributed by atoms with Gasteiger partial charge < -0.3 is 9.00 Å². The molecule has 0 rings (SSSR count). The molecule has 5 nitrogen and oxygen atoms in total. The van der Waals surface area contributed by atoms with E-state index >= 15 is 0 Å². The normalized spacial score (nSPS) is 7.25. The van der Waals surface area contributed by atoms with E-state index in [9.17, 15) is 0 Å². The molecule has 1 radical (unpaired) electrons. The van der Waals surface area contributed by atoms with Crippen LogP contribution in [0.25, 0.3) is 0 Å². The second-order valence-corrected chi connectivity index (χ2v) is 1.34. The molecule has 0 unspecified atom stereocenters. The van der Waals surface area contributed by atoms with Crippen molar-refractivity contribution in [3.05, 3.63) is 0 Å². The Balaban J connectivity index is -0.00000000800. The first-order chi connectivity index (χ1) is 2.00. The van der Waals surface area contributed by atoms with Gasteiger partial charge in [-0.25, -0.2) is 0 Å². The summed E-state index contributed by atoms with van der Waals surface area (Å²) in [5, 5.41) is 0. The average molecular weight is 200 g/mol. The summed E-state index contributed by atoms with van der Waals surface area (Å²) in [6.45, 7) is 0. The fourth-order valence-electron chi connectivity index (χ4n) is 0. The van der Waals surface area contributed by atoms with Gasteiger partial charge in [-0.1, -0.05) is 0 Å². The molecule has 53 valence electrons. The van der Waals surface area contributed by atoms with Crippen molar-refractivity contribution in [2.75, 3.05) is 0 Å². The Bertz CT molecular complexity index is 106. The van der Waals surface area contributed by atoms with Crippen molar-refractivity contribution in [3.8, 4) is 0 Å². The molecule has 0 aliphatic heterocycles. The minimum Gasteiger partial charge on any atom is -1.00 e. The zero-order valence-electron chi connectivity index (χ0n) is 5.87. The molecule has 0 aromatic rings. The second-order valence-electron chi connectivity index (χ2n) is 0.448. The van der Waals surface area contributed by atoms with Crippen LogP contribution in [0, 0.1) is 0 Å². The Kier molecular flexibility index (Phi) is 23.2. The minimum absolute atomic E-state index is 0. The van der Waals surface area contributed by atoms with Crippen molar-refractivity contribution < 1.29 is 37.2 Å². The average Bonchev–Trinajstić information content (AvgIpc) is 0.722. The van der Waals surface area contributed by atoms with Gasteiger partial charge in [-0.05, 0) is 0 Å². The van der Waals surface area contributed by atoms with Crippen LogP contribution in [0.5, 0.6) is 0 Å².